The minimum Gasteiger partial charge on any atom is -0.353 e. The molecule has 0 radical (unpaired) electrons. The molecule has 1 aliphatic heterocycles. The van der Waals surface area contributed by atoms with Gasteiger partial charge in [-0.05, 0) is 55.2 Å². The number of likely N-dealkylation sites (tertiary alicyclic amines) is 1. The topological polar surface area (TPSA) is 105 Å². The molecule has 0 saturated carbocycles. The van der Waals surface area contributed by atoms with Gasteiger partial charge in [0.05, 0.1) is 6.54 Å². The largest absolute Gasteiger partial charge is 0.353 e. The van der Waals surface area contributed by atoms with Crippen LogP contribution in [-0.2, 0) is 20.9 Å². The Kier molecular flexibility index (Phi) is 12.0. The van der Waals surface area contributed by atoms with Gasteiger partial charge in [0.25, 0.3) is 0 Å². The predicted octanol–water partition coefficient (Wildman–Crippen LogP) is 3.48. The van der Waals surface area contributed by atoms with E-state index in [0.29, 0.717) is 18.9 Å². The molecule has 0 aliphatic carbocycles. The van der Waals surface area contributed by atoms with E-state index in [4.69, 9.17) is 5.73 Å². The van der Waals surface area contributed by atoms with Crippen molar-refractivity contribution in [2.24, 2.45) is 11.7 Å². The lowest BCUT2D eigenvalue weighted by Gasteiger charge is -2.24. The SMILES string of the molecule is CC(C)CC(C)NC(=O)CN.O=CNC1CCCCN(Cc2ccc(-c3ccccc3)cc2)C1=O. The Hall–Kier alpha value is -3.19. The molecule has 1 fully saturated rings. The van der Waals surface area contributed by atoms with Crippen molar-refractivity contribution in [2.75, 3.05) is 13.1 Å². The van der Waals surface area contributed by atoms with Gasteiger partial charge >= 0.3 is 0 Å². The van der Waals surface area contributed by atoms with E-state index in [9.17, 15) is 14.4 Å². The summed E-state index contributed by atoms with van der Waals surface area (Å²) in [6.45, 7) is 7.67. The summed E-state index contributed by atoms with van der Waals surface area (Å²) in [7, 11) is 0. The summed E-state index contributed by atoms with van der Waals surface area (Å²) in [6.07, 6.45) is 4.29. The molecule has 1 heterocycles. The molecule has 3 rings (SSSR count). The van der Waals surface area contributed by atoms with Gasteiger partial charge in [0.1, 0.15) is 6.04 Å². The number of carbonyl (C=O) groups excluding carboxylic acids is 3. The van der Waals surface area contributed by atoms with Crippen molar-refractivity contribution in [2.45, 2.75) is 65.1 Å². The average molecular weight is 481 g/mol. The number of hydrogen-bond acceptors (Lipinski definition) is 4. The lowest BCUT2D eigenvalue weighted by atomic mass is 10.0. The van der Waals surface area contributed by atoms with Crippen LogP contribution in [0.5, 0.6) is 0 Å². The Bertz CT molecular complexity index is 916. The molecule has 1 aliphatic rings. The molecule has 0 aromatic heterocycles. The Labute approximate surface area is 209 Å². The molecule has 35 heavy (non-hydrogen) atoms. The van der Waals surface area contributed by atoms with Crippen LogP contribution in [0.1, 0.15) is 52.0 Å². The van der Waals surface area contributed by atoms with Crippen molar-refractivity contribution in [1.29, 1.82) is 0 Å². The van der Waals surface area contributed by atoms with E-state index in [2.05, 4.69) is 60.9 Å². The number of hydrogen-bond donors (Lipinski definition) is 3. The van der Waals surface area contributed by atoms with E-state index in [0.717, 1.165) is 37.8 Å². The molecular formula is C28H40N4O3. The fourth-order valence-electron chi connectivity index (χ4n) is 4.25. The molecule has 3 amide bonds. The highest BCUT2D eigenvalue weighted by atomic mass is 16.2. The lowest BCUT2D eigenvalue weighted by Crippen LogP contribution is -2.44. The smallest absolute Gasteiger partial charge is 0.245 e. The van der Waals surface area contributed by atoms with Gasteiger partial charge in [-0.25, -0.2) is 0 Å². The maximum absolute atomic E-state index is 12.5. The Morgan fingerprint density at radius 3 is 2.31 bits per heavy atom. The Morgan fingerprint density at radius 2 is 1.71 bits per heavy atom. The van der Waals surface area contributed by atoms with Crippen LogP contribution in [0, 0.1) is 5.92 Å². The molecule has 190 valence electrons. The average Bonchev–Trinajstić information content (AvgIpc) is 3.01. The molecule has 0 bridgehead atoms. The first-order valence-electron chi connectivity index (χ1n) is 12.5. The van der Waals surface area contributed by atoms with E-state index in [1.165, 1.54) is 11.1 Å². The van der Waals surface area contributed by atoms with E-state index < -0.39 is 0 Å². The lowest BCUT2D eigenvalue weighted by molar-refractivity contribution is -0.134. The van der Waals surface area contributed by atoms with Gasteiger partial charge in [-0.2, -0.15) is 0 Å². The zero-order valence-corrected chi connectivity index (χ0v) is 21.2. The summed E-state index contributed by atoms with van der Waals surface area (Å²) in [6, 6.07) is 18.4. The third-order valence-electron chi connectivity index (χ3n) is 5.90. The zero-order valence-electron chi connectivity index (χ0n) is 21.2. The molecule has 7 heteroatoms. The monoisotopic (exact) mass is 480 g/mol. The van der Waals surface area contributed by atoms with Crippen LogP contribution in [0.3, 0.4) is 0 Å². The minimum absolute atomic E-state index is 0.0201. The highest BCUT2D eigenvalue weighted by Gasteiger charge is 2.26. The second kappa shape index (κ2) is 14.9. The number of rotatable bonds is 9. The number of nitrogens with zero attached hydrogens (tertiary/aromatic N) is 1. The van der Waals surface area contributed by atoms with E-state index >= 15 is 0 Å². The van der Waals surface area contributed by atoms with Crippen molar-refractivity contribution in [3.8, 4) is 11.1 Å². The van der Waals surface area contributed by atoms with Crippen molar-refractivity contribution in [3.05, 3.63) is 60.2 Å². The highest BCUT2D eigenvalue weighted by molar-refractivity contribution is 5.84. The molecule has 4 N–H and O–H groups in total. The Morgan fingerprint density at radius 1 is 1.06 bits per heavy atom. The quantitative estimate of drug-likeness (QED) is 0.478. The fraction of sp³-hybridized carbons (Fsp3) is 0.464. The number of nitrogens with two attached hydrogens (primary N) is 1. The summed E-state index contributed by atoms with van der Waals surface area (Å²) >= 11 is 0. The van der Waals surface area contributed by atoms with E-state index in [1.807, 2.05) is 30.0 Å². The number of nitrogens with one attached hydrogen (secondary N) is 2. The van der Waals surface area contributed by atoms with Gasteiger partial charge in [-0.1, -0.05) is 68.4 Å². The summed E-state index contributed by atoms with van der Waals surface area (Å²) in [5.74, 6) is 0.563. The Balaban J connectivity index is 0.000000334. The van der Waals surface area contributed by atoms with Crippen LogP contribution < -0.4 is 16.4 Å². The van der Waals surface area contributed by atoms with Crippen molar-refractivity contribution in [1.82, 2.24) is 15.5 Å². The standard InChI is InChI=1S/C20H22N2O2.C8H18N2O/c23-15-21-19-8-4-5-13-22(20(19)24)14-16-9-11-18(12-10-16)17-6-2-1-3-7-17;1-6(2)4-7(3)10-8(11)5-9/h1-3,6-7,9-12,15,19H,4-5,8,13-14H2,(H,21,23);6-7H,4-5,9H2,1-3H3,(H,10,11). The van der Waals surface area contributed by atoms with Crippen molar-refractivity contribution >= 4 is 18.2 Å². The van der Waals surface area contributed by atoms with Gasteiger partial charge in [-0.3, -0.25) is 14.4 Å². The van der Waals surface area contributed by atoms with Crippen LogP contribution in [0.25, 0.3) is 11.1 Å². The van der Waals surface area contributed by atoms with E-state index in [-0.39, 0.29) is 30.4 Å². The van der Waals surface area contributed by atoms with Gasteiger partial charge in [-0.15, -0.1) is 0 Å². The third-order valence-corrected chi connectivity index (χ3v) is 5.90. The molecule has 2 aromatic rings. The first kappa shape index (κ1) is 28.1. The van der Waals surface area contributed by atoms with Gasteiger partial charge in [0.15, 0.2) is 0 Å². The summed E-state index contributed by atoms with van der Waals surface area (Å²) < 4.78 is 0. The first-order valence-corrected chi connectivity index (χ1v) is 12.5. The normalized spacial score (nSPS) is 16.5. The highest BCUT2D eigenvalue weighted by Crippen LogP contribution is 2.21. The molecular weight excluding hydrogens is 440 g/mol. The summed E-state index contributed by atoms with van der Waals surface area (Å²) in [5, 5.41) is 5.45. The molecule has 7 nitrogen and oxygen atoms in total. The molecule has 2 aromatic carbocycles. The third kappa shape index (κ3) is 9.91. The second-order valence-electron chi connectivity index (χ2n) is 9.46. The predicted molar refractivity (Wildman–Crippen MR) is 140 cm³/mol. The number of amides is 3. The van der Waals surface area contributed by atoms with Crippen LogP contribution in [0.4, 0.5) is 0 Å². The summed E-state index contributed by atoms with van der Waals surface area (Å²) in [4.78, 5) is 35.8. The number of benzene rings is 2. The van der Waals surface area contributed by atoms with Crippen LogP contribution in [0.15, 0.2) is 54.6 Å². The van der Waals surface area contributed by atoms with Crippen LogP contribution in [0.2, 0.25) is 0 Å². The minimum atomic E-state index is -0.381. The fourth-order valence-corrected chi connectivity index (χ4v) is 4.25. The zero-order chi connectivity index (χ0) is 25.6. The molecule has 1 saturated heterocycles. The molecule has 2 atom stereocenters. The van der Waals surface area contributed by atoms with Gasteiger partial charge in [0.2, 0.25) is 18.2 Å². The van der Waals surface area contributed by atoms with Crippen LogP contribution >= 0.6 is 0 Å². The van der Waals surface area contributed by atoms with Gasteiger partial charge < -0.3 is 21.3 Å². The van der Waals surface area contributed by atoms with Crippen LogP contribution in [-0.4, -0.2) is 48.3 Å². The molecule has 2 unspecified atom stereocenters. The maximum atomic E-state index is 12.5. The number of carbonyl (C=O) groups is 3. The summed E-state index contributed by atoms with van der Waals surface area (Å²) in [5.41, 5.74) is 8.60. The van der Waals surface area contributed by atoms with Crippen molar-refractivity contribution in [3.63, 3.8) is 0 Å². The maximum Gasteiger partial charge on any atom is 0.245 e. The van der Waals surface area contributed by atoms with E-state index in [1.54, 1.807) is 0 Å². The first-order chi connectivity index (χ1) is 16.8. The van der Waals surface area contributed by atoms with Gasteiger partial charge in [0, 0.05) is 19.1 Å². The second-order valence-corrected chi connectivity index (χ2v) is 9.46. The van der Waals surface area contributed by atoms with Crippen molar-refractivity contribution < 1.29 is 14.4 Å². The molecule has 0 spiro atoms.